The first-order valence-electron chi connectivity index (χ1n) is 2.12. The van der Waals surface area contributed by atoms with Crippen LogP contribution in [0.3, 0.4) is 0 Å². The van der Waals surface area contributed by atoms with Crippen molar-refractivity contribution in [1.29, 1.82) is 0 Å². The van der Waals surface area contributed by atoms with Crippen LogP contribution in [-0.4, -0.2) is 0 Å². The van der Waals surface area contributed by atoms with Gasteiger partial charge in [-0.1, -0.05) is 5.69 Å². The molecule has 0 heterocycles. The van der Waals surface area contributed by atoms with Crippen molar-refractivity contribution in [3.8, 4) is 0 Å². The van der Waals surface area contributed by atoms with Crippen molar-refractivity contribution in [3.63, 3.8) is 0 Å². The quantitative estimate of drug-likeness (QED) is 0.557. The number of nitrogens with two attached hydrogens (primary N) is 1. The number of benzene rings is 1. The maximum Gasteiger partial charge on any atom is 0 e. The van der Waals surface area contributed by atoms with Gasteiger partial charge in [0.05, 0.1) is 0 Å². The summed E-state index contributed by atoms with van der Waals surface area (Å²) in [7, 11) is 0. The van der Waals surface area contributed by atoms with Crippen molar-refractivity contribution >= 4 is 5.69 Å². The minimum Gasteiger partial charge on any atom is -0.420 e. The first kappa shape index (κ1) is 7.68. The smallest absolute Gasteiger partial charge is 0 e. The molecule has 0 saturated heterocycles. The molecule has 1 aromatic carbocycles. The molecule has 1 aromatic rings. The molecule has 0 fully saturated rings. The number of para-hydroxylation sites is 1. The third-order valence-corrected chi connectivity index (χ3v) is 0.733. The molecule has 2 heteroatoms. The van der Waals surface area contributed by atoms with Crippen LogP contribution in [0.15, 0.2) is 24.3 Å². The van der Waals surface area contributed by atoms with Gasteiger partial charge in [0.2, 0.25) is 0 Å². The van der Waals surface area contributed by atoms with Gasteiger partial charge in [0.1, 0.15) is 0 Å². The molecule has 0 amide bonds. The largest absolute Gasteiger partial charge is 0.420 e. The SMILES string of the molecule is Nc1[c-]cccc1.[Re]. The molecule has 0 saturated carbocycles. The maximum absolute atomic E-state index is 5.30. The summed E-state index contributed by atoms with van der Waals surface area (Å²) in [6.07, 6.45) is 0. The minimum absolute atomic E-state index is 0. The normalized spacial score (nSPS) is 7.50. The molecule has 1 radical (unpaired) electrons. The van der Waals surface area contributed by atoms with E-state index in [2.05, 4.69) is 6.07 Å². The van der Waals surface area contributed by atoms with E-state index in [1.54, 1.807) is 12.1 Å². The molecule has 0 aromatic heterocycles. The summed E-state index contributed by atoms with van der Waals surface area (Å²) in [5.41, 5.74) is 6.00. The molecule has 0 atom stereocenters. The molecule has 0 aliphatic rings. The van der Waals surface area contributed by atoms with E-state index in [-0.39, 0.29) is 20.4 Å². The Bertz CT molecular complexity index is 138. The van der Waals surface area contributed by atoms with Crippen LogP contribution in [0.4, 0.5) is 5.69 Å². The summed E-state index contributed by atoms with van der Waals surface area (Å²) in [5, 5.41) is 0. The molecule has 1 nitrogen and oxygen atoms in total. The van der Waals surface area contributed by atoms with Gasteiger partial charge in [-0.25, -0.2) is 0 Å². The summed E-state index contributed by atoms with van der Waals surface area (Å²) in [4.78, 5) is 0. The summed E-state index contributed by atoms with van der Waals surface area (Å²) < 4.78 is 0. The number of rotatable bonds is 0. The van der Waals surface area contributed by atoms with Crippen molar-refractivity contribution in [2.24, 2.45) is 0 Å². The van der Waals surface area contributed by atoms with Gasteiger partial charge < -0.3 is 5.73 Å². The molecule has 0 bridgehead atoms. The van der Waals surface area contributed by atoms with Gasteiger partial charge in [-0.3, -0.25) is 0 Å². The van der Waals surface area contributed by atoms with Gasteiger partial charge in [-0.15, -0.1) is 6.07 Å². The molecule has 0 spiro atoms. The Morgan fingerprint density at radius 2 is 2.12 bits per heavy atom. The predicted octanol–water partition coefficient (Wildman–Crippen LogP) is 1.07. The van der Waals surface area contributed by atoms with Crippen LogP contribution < -0.4 is 5.73 Å². The molecular weight excluding hydrogens is 272 g/mol. The zero-order valence-electron chi connectivity index (χ0n) is 4.26. The van der Waals surface area contributed by atoms with Crippen molar-refractivity contribution in [3.05, 3.63) is 30.3 Å². The topological polar surface area (TPSA) is 26.0 Å². The Hall–Kier alpha value is -0.318. The number of hydrogen-bond acceptors (Lipinski definition) is 1. The molecule has 0 aliphatic heterocycles. The van der Waals surface area contributed by atoms with Crippen molar-refractivity contribution < 1.29 is 20.4 Å². The first-order valence-corrected chi connectivity index (χ1v) is 2.12. The second kappa shape index (κ2) is 3.66. The van der Waals surface area contributed by atoms with E-state index in [9.17, 15) is 0 Å². The fourth-order valence-corrected chi connectivity index (χ4v) is 0.407. The summed E-state index contributed by atoms with van der Waals surface area (Å²) in [6, 6.07) is 10.2. The Kier molecular flexibility index (Phi) is 3.51. The minimum atomic E-state index is 0. The molecule has 0 aliphatic carbocycles. The fraction of sp³-hybridized carbons (Fsp3) is 0. The standard InChI is InChI=1S/C6H6N.Re/c7-6-4-2-1-3-5-6;/h1-4H,7H2;/q-1;. The zero-order chi connectivity index (χ0) is 5.11. The van der Waals surface area contributed by atoms with Crippen LogP contribution >= 0.6 is 0 Å². The van der Waals surface area contributed by atoms with E-state index >= 15 is 0 Å². The van der Waals surface area contributed by atoms with E-state index in [1.165, 1.54) is 0 Å². The van der Waals surface area contributed by atoms with Gasteiger partial charge in [0.15, 0.2) is 0 Å². The van der Waals surface area contributed by atoms with E-state index in [0.717, 1.165) is 0 Å². The Labute approximate surface area is 62.6 Å². The second-order valence-corrected chi connectivity index (χ2v) is 1.32. The molecule has 2 N–H and O–H groups in total. The Balaban J connectivity index is 0.000000490. The van der Waals surface area contributed by atoms with Gasteiger partial charge in [-0.2, -0.15) is 24.3 Å². The van der Waals surface area contributed by atoms with E-state index < -0.39 is 0 Å². The average Bonchev–Trinajstić information content (AvgIpc) is 1.69. The zero-order valence-corrected chi connectivity index (χ0v) is 6.98. The predicted molar refractivity (Wildman–Crippen MR) is 29.7 cm³/mol. The monoisotopic (exact) mass is 279 g/mol. The number of hydrogen-bond donors (Lipinski definition) is 1. The van der Waals surface area contributed by atoms with Crippen molar-refractivity contribution in [2.45, 2.75) is 0 Å². The Morgan fingerprint density at radius 1 is 1.38 bits per heavy atom. The van der Waals surface area contributed by atoms with Crippen LogP contribution in [0, 0.1) is 6.07 Å². The molecule has 1 rings (SSSR count). The average molecular weight is 278 g/mol. The van der Waals surface area contributed by atoms with E-state index in [4.69, 9.17) is 5.73 Å². The molecular formula is C6H6NRe-. The van der Waals surface area contributed by atoms with Crippen LogP contribution in [0.5, 0.6) is 0 Å². The third-order valence-electron chi connectivity index (χ3n) is 0.733. The molecule has 0 unspecified atom stereocenters. The van der Waals surface area contributed by atoms with Gasteiger partial charge in [0, 0.05) is 20.4 Å². The maximum atomic E-state index is 5.30. The first-order chi connectivity index (χ1) is 3.39. The number of anilines is 1. The van der Waals surface area contributed by atoms with Crippen LogP contribution in [0.1, 0.15) is 0 Å². The van der Waals surface area contributed by atoms with E-state index in [0.29, 0.717) is 5.69 Å². The van der Waals surface area contributed by atoms with Crippen molar-refractivity contribution in [2.75, 3.05) is 5.73 Å². The van der Waals surface area contributed by atoms with Crippen LogP contribution in [0.2, 0.25) is 0 Å². The number of nitrogen functional groups attached to an aromatic ring is 1. The summed E-state index contributed by atoms with van der Waals surface area (Å²) in [6.45, 7) is 0. The molecule has 43 valence electrons. The van der Waals surface area contributed by atoms with E-state index in [1.807, 2.05) is 12.1 Å². The molecule has 8 heavy (non-hydrogen) atoms. The van der Waals surface area contributed by atoms with Gasteiger partial charge in [0.25, 0.3) is 0 Å². The van der Waals surface area contributed by atoms with Gasteiger partial charge >= 0.3 is 0 Å². The summed E-state index contributed by atoms with van der Waals surface area (Å²) in [5.74, 6) is 0. The Morgan fingerprint density at radius 3 is 2.38 bits per heavy atom. The van der Waals surface area contributed by atoms with Crippen LogP contribution in [0.25, 0.3) is 0 Å². The van der Waals surface area contributed by atoms with Crippen molar-refractivity contribution in [1.82, 2.24) is 0 Å². The summed E-state index contributed by atoms with van der Waals surface area (Å²) >= 11 is 0. The fourth-order valence-electron chi connectivity index (χ4n) is 0.407. The van der Waals surface area contributed by atoms with Gasteiger partial charge in [-0.05, 0) is 0 Å². The third kappa shape index (κ3) is 2.11. The van der Waals surface area contributed by atoms with Crippen LogP contribution in [-0.2, 0) is 20.4 Å². The second-order valence-electron chi connectivity index (χ2n) is 1.32.